The van der Waals surface area contributed by atoms with Crippen molar-refractivity contribution in [2.24, 2.45) is 0 Å². The molecule has 3 aromatic rings. The number of anilines is 1. The Balaban J connectivity index is 1.67. The van der Waals surface area contributed by atoms with Crippen molar-refractivity contribution >= 4 is 46.3 Å². The van der Waals surface area contributed by atoms with Gasteiger partial charge in [0.25, 0.3) is 0 Å². The van der Waals surface area contributed by atoms with Crippen LogP contribution in [0.25, 0.3) is 0 Å². The van der Waals surface area contributed by atoms with E-state index in [0.29, 0.717) is 22.3 Å². The highest BCUT2D eigenvalue weighted by Crippen LogP contribution is 2.37. The van der Waals surface area contributed by atoms with Crippen LogP contribution in [0.4, 0.5) is 10.5 Å². The smallest absolute Gasteiger partial charge is 0.313 e. The molecule has 2 amide bonds. The Morgan fingerprint density at radius 3 is 2.77 bits per heavy atom. The van der Waals surface area contributed by atoms with Crippen molar-refractivity contribution in [1.82, 2.24) is 9.88 Å². The molecule has 1 aliphatic heterocycles. The van der Waals surface area contributed by atoms with Gasteiger partial charge in [0.1, 0.15) is 0 Å². The zero-order chi connectivity index (χ0) is 18.1. The van der Waals surface area contributed by atoms with E-state index in [1.165, 1.54) is 4.88 Å². The second kappa shape index (κ2) is 7.27. The maximum Gasteiger partial charge on any atom is 0.322 e. The van der Waals surface area contributed by atoms with Gasteiger partial charge in [0.05, 0.1) is 6.04 Å². The molecule has 1 aliphatic rings. The van der Waals surface area contributed by atoms with Crippen LogP contribution in [0.2, 0.25) is 10.0 Å². The predicted molar refractivity (Wildman–Crippen MR) is 106 cm³/mol. The number of pyridine rings is 1. The molecule has 1 unspecified atom stereocenters. The van der Waals surface area contributed by atoms with Gasteiger partial charge in [-0.05, 0) is 53.3 Å². The Labute approximate surface area is 165 Å². The molecular weight excluding hydrogens is 389 g/mol. The van der Waals surface area contributed by atoms with Gasteiger partial charge in [-0.15, -0.1) is 11.3 Å². The van der Waals surface area contributed by atoms with Crippen LogP contribution >= 0.6 is 34.5 Å². The van der Waals surface area contributed by atoms with Gasteiger partial charge in [0.2, 0.25) is 0 Å². The number of hydrogen-bond acceptors (Lipinski definition) is 3. The van der Waals surface area contributed by atoms with Gasteiger partial charge < -0.3 is 10.2 Å². The molecule has 0 saturated carbocycles. The first kappa shape index (κ1) is 17.3. The molecule has 0 saturated heterocycles. The van der Waals surface area contributed by atoms with Gasteiger partial charge >= 0.3 is 6.03 Å². The summed E-state index contributed by atoms with van der Waals surface area (Å²) in [6.45, 7) is 0.632. The number of thiophene rings is 1. The molecule has 1 N–H and O–H groups in total. The number of nitrogens with zero attached hydrogens (tertiary/aromatic N) is 2. The third kappa shape index (κ3) is 3.43. The lowest BCUT2D eigenvalue weighted by atomic mass is 9.94. The van der Waals surface area contributed by atoms with Gasteiger partial charge in [-0.3, -0.25) is 4.98 Å². The molecule has 1 aromatic carbocycles. The average Bonchev–Trinajstić information content (AvgIpc) is 3.09. The third-order valence-electron chi connectivity index (χ3n) is 4.34. The zero-order valence-corrected chi connectivity index (χ0v) is 16.0. The number of hydrogen-bond donors (Lipinski definition) is 1. The number of urea groups is 1. The van der Waals surface area contributed by atoms with Crippen molar-refractivity contribution in [2.45, 2.75) is 12.5 Å². The van der Waals surface area contributed by atoms with Gasteiger partial charge in [-0.2, -0.15) is 0 Å². The Kier molecular flexibility index (Phi) is 4.85. The first-order valence-corrected chi connectivity index (χ1v) is 9.75. The monoisotopic (exact) mass is 403 g/mol. The molecule has 1 atom stereocenters. The summed E-state index contributed by atoms with van der Waals surface area (Å²) in [5, 5.41) is 5.96. The van der Waals surface area contributed by atoms with Crippen LogP contribution in [0.5, 0.6) is 0 Å². The summed E-state index contributed by atoms with van der Waals surface area (Å²) >= 11 is 13.8. The molecule has 0 radical (unpaired) electrons. The molecule has 4 nitrogen and oxygen atoms in total. The normalized spacial score (nSPS) is 16.2. The number of amides is 2. The lowest BCUT2D eigenvalue weighted by molar-refractivity contribution is 0.194. The van der Waals surface area contributed by atoms with Crippen LogP contribution in [0.15, 0.2) is 54.2 Å². The summed E-state index contributed by atoms with van der Waals surface area (Å²) in [7, 11) is 0. The minimum atomic E-state index is -0.186. The highest BCUT2D eigenvalue weighted by atomic mass is 35.5. The van der Waals surface area contributed by atoms with E-state index in [1.807, 2.05) is 23.2 Å². The van der Waals surface area contributed by atoms with E-state index in [0.717, 1.165) is 17.5 Å². The minimum Gasteiger partial charge on any atom is -0.313 e. The van der Waals surface area contributed by atoms with E-state index in [9.17, 15) is 4.79 Å². The van der Waals surface area contributed by atoms with Crippen LogP contribution in [0.1, 0.15) is 22.0 Å². The standard InChI is InChI=1S/C19H15Cl2N3OS/c20-13-8-14(21)10-15(9-13)23-19(25)24-6-3-17-16(4-7-26-17)18(24)12-2-1-5-22-11-12/h1-2,4-5,7-11,18H,3,6H2,(H,23,25). The fraction of sp³-hybridized carbons (Fsp3) is 0.158. The Hall–Kier alpha value is -2.08. The molecule has 0 bridgehead atoms. The average molecular weight is 404 g/mol. The van der Waals surface area contributed by atoms with E-state index in [2.05, 4.69) is 21.7 Å². The molecule has 4 rings (SSSR count). The lowest BCUT2D eigenvalue weighted by Crippen LogP contribution is -2.42. The third-order valence-corrected chi connectivity index (χ3v) is 5.77. The summed E-state index contributed by atoms with van der Waals surface area (Å²) in [4.78, 5) is 20.4. The van der Waals surface area contributed by atoms with E-state index < -0.39 is 0 Å². The highest BCUT2D eigenvalue weighted by Gasteiger charge is 2.33. The first-order chi connectivity index (χ1) is 12.6. The maximum atomic E-state index is 13.0. The Morgan fingerprint density at radius 2 is 2.04 bits per heavy atom. The number of rotatable bonds is 2. The maximum absolute atomic E-state index is 13.0. The number of carbonyl (C=O) groups excluding carboxylic acids is 1. The van der Waals surface area contributed by atoms with E-state index in [4.69, 9.17) is 23.2 Å². The van der Waals surface area contributed by atoms with Crippen LogP contribution in [0.3, 0.4) is 0 Å². The van der Waals surface area contributed by atoms with Gasteiger partial charge in [0.15, 0.2) is 0 Å². The fourth-order valence-electron chi connectivity index (χ4n) is 3.25. The Bertz CT molecular complexity index is 925. The SMILES string of the molecule is O=C(Nc1cc(Cl)cc(Cl)c1)N1CCc2sccc2C1c1cccnc1. The molecule has 132 valence electrons. The van der Waals surface area contributed by atoms with E-state index in [-0.39, 0.29) is 12.1 Å². The Morgan fingerprint density at radius 1 is 1.23 bits per heavy atom. The van der Waals surface area contributed by atoms with Crippen molar-refractivity contribution in [2.75, 3.05) is 11.9 Å². The molecule has 26 heavy (non-hydrogen) atoms. The summed E-state index contributed by atoms with van der Waals surface area (Å²) in [6, 6.07) is 10.6. The van der Waals surface area contributed by atoms with Crippen molar-refractivity contribution in [3.63, 3.8) is 0 Å². The van der Waals surface area contributed by atoms with Crippen LogP contribution in [-0.4, -0.2) is 22.5 Å². The number of aromatic nitrogens is 1. The van der Waals surface area contributed by atoms with Gasteiger partial charge in [-0.1, -0.05) is 29.3 Å². The quantitative estimate of drug-likeness (QED) is 0.602. The van der Waals surface area contributed by atoms with Crippen molar-refractivity contribution in [3.05, 3.63) is 80.2 Å². The second-order valence-electron chi connectivity index (χ2n) is 6.02. The number of carbonyl (C=O) groups is 1. The highest BCUT2D eigenvalue weighted by molar-refractivity contribution is 7.10. The van der Waals surface area contributed by atoms with Gasteiger partial charge in [-0.25, -0.2) is 4.79 Å². The molecule has 3 heterocycles. The largest absolute Gasteiger partial charge is 0.322 e. The number of fused-ring (bicyclic) bond motifs is 1. The summed E-state index contributed by atoms with van der Waals surface area (Å²) in [5.74, 6) is 0. The summed E-state index contributed by atoms with van der Waals surface area (Å²) in [6.07, 6.45) is 4.39. The number of nitrogens with one attached hydrogen (secondary N) is 1. The number of benzene rings is 1. The van der Waals surface area contributed by atoms with Crippen molar-refractivity contribution in [1.29, 1.82) is 0 Å². The predicted octanol–water partition coefficient (Wildman–Crippen LogP) is 5.63. The van der Waals surface area contributed by atoms with E-state index >= 15 is 0 Å². The minimum absolute atomic E-state index is 0.159. The van der Waals surface area contributed by atoms with Gasteiger partial charge in [0, 0.05) is 39.5 Å². The molecule has 7 heteroatoms. The number of halogens is 2. The lowest BCUT2D eigenvalue weighted by Gasteiger charge is -2.36. The molecular formula is C19H15Cl2N3OS. The topological polar surface area (TPSA) is 45.2 Å². The molecule has 0 aliphatic carbocycles. The molecule has 2 aromatic heterocycles. The van der Waals surface area contributed by atoms with Crippen LogP contribution in [-0.2, 0) is 6.42 Å². The van der Waals surface area contributed by atoms with Crippen molar-refractivity contribution in [3.8, 4) is 0 Å². The summed E-state index contributed by atoms with van der Waals surface area (Å²) in [5.41, 5.74) is 2.73. The second-order valence-corrected chi connectivity index (χ2v) is 7.89. The summed E-state index contributed by atoms with van der Waals surface area (Å²) < 4.78 is 0. The molecule has 0 fully saturated rings. The van der Waals surface area contributed by atoms with Crippen LogP contribution in [0, 0.1) is 0 Å². The van der Waals surface area contributed by atoms with Crippen molar-refractivity contribution < 1.29 is 4.79 Å². The zero-order valence-electron chi connectivity index (χ0n) is 13.7. The molecule has 0 spiro atoms. The first-order valence-electron chi connectivity index (χ1n) is 8.12. The fourth-order valence-corrected chi connectivity index (χ4v) is 4.68. The van der Waals surface area contributed by atoms with E-state index in [1.54, 1.807) is 35.7 Å². The van der Waals surface area contributed by atoms with Crippen LogP contribution < -0.4 is 5.32 Å².